The molecule has 2 rings (SSSR count). The number of nitrogens with zero attached hydrogens (tertiary/aromatic N) is 1. The fourth-order valence-electron chi connectivity index (χ4n) is 1.76. The van der Waals surface area contributed by atoms with E-state index in [1.54, 1.807) is 6.20 Å². The van der Waals surface area contributed by atoms with Gasteiger partial charge in [0, 0.05) is 31.6 Å². The Bertz CT molecular complexity index is 334. The van der Waals surface area contributed by atoms with Gasteiger partial charge in [0.05, 0.1) is 12.1 Å². The largest absolute Gasteiger partial charge is 0.379 e. The Balaban J connectivity index is 2.09. The van der Waals surface area contributed by atoms with Gasteiger partial charge in [-0.25, -0.2) is 4.98 Å². The molecule has 0 aromatic carbocycles. The number of hydrogen-bond donors (Lipinski definition) is 2. The average molecular weight is 207 g/mol. The molecule has 0 amide bonds. The van der Waals surface area contributed by atoms with Crippen molar-refractivity contribution in [3.63, 3.8) is 0 Å². The minimum Gasteiger partial charge on any atom is -0.379 e. The summed E-state index contributed by atoms with van der Waals surface area (Å²) in [4.78, 5) is 4.17. The predicted octanol–water partition coefficient (Wildman–Crippen LogP) is 1.71. The Hall–Kier alpha value is -1.29. The first kappa shape index (κ1) is 10.2. The molecule has 0 bridgehead atoms. The summed E-state index contributed by atoms with van der Waals surface area (Å²) in [6.45, 7) is 3.79. The highest BCUT2D eigenvalue weighted by Gasteiger charge is 2.29. The molecule has 82 valence electrons. The van der Waals surface area contributed by atoms with Gasteiger partial charge in [0.15, 0.2) is 0 Å². The molecular weight excluding hydrogens is 190 g/mol. The molecule has 0 saturated carbocycles. The molecule has 4 heteroatoms. The zero-order valence-corrected chi connectivity index (χ0v) is 9.21. The van der Waals surface area contributed by atoms with Crippen LogP contribution in [0.5, 0.6) is 0 Å². The normalized spacial score (nSPS) is 25.2. The molecule has 1 aliphatic rings. The molecular formula is C11H17N3O. The molecule has 2 N–H and O–H groups in total. The second-order valence-corrected chi connectivity index (χ2v) is 4.17. The minimum absolute atomic E-state index is 0.0619. The third kappa shape index (κ3) is 2.39. The zero-order valence-electron chi connectivity index (χ0n) is 9.21. The summed E-state index contributed by atoms with van der Waals surface area (Å²) in [5.74, 6) is 0.877. The van der Waals surface area contributed by atoms with Crippen LogP contribution in [0.4, 0.5) is 11.5 Å². The average Bonchev–Trinajstić information content (AvgIpc) is 2.65. The molecule has 0 spiro atoms. The lowest BCUT2D eigenvalue weighted by atomic mass is 10.0. The quantitative estimate of drug-likeness (QED) is 0.792. The number of ether oxygens (including phenoxy) is 1. The Labute approximate surface area is 90.0 Å². The van der Waals surface area contributed by atoms with Crippen molar-refractivity contribution in [2.45, 2.75) is 18.9 Å². The van der Waals surface area contributed by atoms with Crippen LogP contribution in [-0.2, 0) is 4.74 Å². The molecule has 1 saturated heterocycles. The van der Waals surface area contributed by atoms with Gasteiger partial charge < -0.3 is 15.4 Å². The summed E-state index contributed by atoms with van der Waals surface area (Å²) in [5.41, 5.74) is 1.15. The number of pyridine rings is 1. The van der Waals surface area contributed by atoms with Crippen molar-refractivity contribution in [3.05, 3.63) is 18.3 Å². The lowest BCUT2D eigenvalue weighted by Gasteiger charge is -2.25. The van der Waals surface area contributed by atoms with Crippen molar-refractivity contribution in [2.24, 2.45) is 0 Å². The van der Waals surface area contributed by atoms with Crippen LogP contribution in [0.25, 0.3) is 0 Å². The smallest absolute Gasteiger partial charge is 0.127 e. The minimum atomic E-state index is 0.0619. The van der Waals surface area contributed by atoms with E-state index < -0.39 is 0 Å². The van der Waals surface area contributed by atoms with Gasteiger partial charge in [-0.3, -0.25) is 0 Å². The molecule has 1 aromatic rings. The lowest BCUT2D eigenvalue weighted by molar-refractivity contribution is 0.185. The van der Waals surface area contributed by atoms with E-state index in [0.29, 0.717) is 0 Å². The van der Waals surface area contributed by atoms with Gasteiger partial charge in [0.2, 0.25) is 0 Å². The topological polar surface area (TPSA) is 46.2 Å². The van der Waals surface area contributed by atoms with E-state index in [0.717, 1.165) is 31.1 Å². The molecule has 0 radical (unpaired) electrons. The Morgan fingerprint density at radius 1 is 1.53 bits per heavy atom. The maximum Gasteiger partial charge on any atom is 0.127 e. The first-order chi connectivity index (χ1) is 7.22. The van der Waals surface area contributed by atoms with E-state index >= 15 is 0 Å². The molecule has 15 heavy (non-hydrogen) atoms. The molecule has 1 atom stereocenters. The highest BCUT2D eigenvalue weighted by Crippen LogP contribution is 2.24. The predicted molar refractivity (Wildman–Crippen MR) is 61.2 cm³/mol. The number of hydrogen-bond acceptors (Lipinski definition) is 4. The van der Waals surface area contributed by atoms with E-state index in [9.17, 15) is 0 Å². The van der Waals surface area contributed by atoms with Crippen LogP contribution in [0.2, 0.25) is 0 Å². The molecule has 1 fully saturated rings. The van der Waals surface area contributed by atoms with E-state index in [2.05, 4.69) is 22.5 Å². The van der Waals surface area contributed by atoms with Crippen molar-refractivity contribution in [3.8, 4) is 0 Å². The van der Waals surface area contributed by atoms with Gasteiger partial charge in [-0.1, -0.05) is 0 Å². The van der Waals surface area contributed by atoms with E-state index in [-0.39, 0.29) is 5.54 Å². The van der Waals surface area contributed by atoms with Crippen molar-refractivity contribution >= 4 is 11.5 Å². The standard InChI is InChI=1S/C11H17N3O/c1-11(4-6-15-8-11)14-9-3-5-13-10(7-9)12-2/h3,5,7H,4,6,8H2,1-2H3,(H2,12,13,14). The van der Waals surface area contributed by atoms with Crippen LogP contribution in [0.1, 0.15) is 13.3 Å². The van der Waals surface area contributed by atoms with Gasteiger partial charge in [0.1, 0.15) is 5.82 Å². The number of rotatable bonds is 3. The molecule has 1 aromatic heterocycles. The first-order valence-electron chi connectivity index (χ1n) is 5.22. The molecule has 1 unspecified atom stereocenters. The van der Waals surface area contributed by atoms with Crippen LogP contribution >= 0.6 is 0 Å². The summed E-state index contributed by atoms with van der Waals surface area (Å²) in [5, 5.41) is 6.51. The number of anilines is 2. The van der Waals surface area contributed by atoms with Crippen LogP contribution in [0.3, 0.4) is 0 Å². The molecule has 2 heterocycles. The van der Waals surface area contributed by atoms with Gasteiger partial charge in [-0.15, -0.1) is 0 Å². The monoisotopic (exact) mass is 207 g/mol. The fraction of sp³-hybridized carbons (Fsp3) is 0.545. The Kier molecular flexibility index (Phi) is 2.77. The summed E-state index contributed by atoms with van der Waals surface area (Å²) in [6.07, 6.45) is 2.84. The Morgan fingerprint density at radius 3 is 3.07 bits per heavy atom. The summed E-state index contributed by atoms with van der Waals surface area (Å²) >= 11 is 0. The van der Waals surface area contributed by atoms with E-state index in [4.69, 9.17) is 4.74 Å². The Morgan fingerprint density at radius 2 is 2.40 bits per heavy atom. The van der Waals surface area contributed by atoms with Crippen LogP contribution in [0.15, 0.2) is 18.3 Å². The second kappa shape index (κ2) is 4.06. The summed E-state index contributed by atoms with van der Waals surface area (Å²) < 4.78 is 5.40. The maximum absolute atomic E-state index is 5.40. The third-order valence-corrected chi connectivity index (χ3v) is 2.68. The van der Waals surface area contributed by atoms with Crippen molar-refractivity contribution in [1.82, 2.24) is 4.98 Å². The van der Waals surface area contributed by atoms with Gasteiger partial charge >= 0.3 is 0 Å². The SMILES string of the molecule is CNc1cc(NC2(C)CCOC2)ccn1. The number of aromatic nitrogens is 1. The van der Waals surface area contributed by atoms with Gasteiger partial charge in [-0.2, -0.15) is 0 Å². The van der Waals surface area contributed by atoms with Crippen molar-refractivity contribution in [2.75, 3.05) is 30.9 Å². The zero-order chi connectivity index (χ0) is 10.7. The molecule has 0 aliphatic carbocycles. The third-order valence-electron chi connectivity index (χ3n) is 2.68. The first-order valence-corrected chi connectivity index (χ1v) is 5.22. The summed E-state index contributed by atoms with van der Waals surface area (Å²) in [6, 6.07) is 3.98. The van der Waals surface area contributed by atoms with Crippen molar-refractivity contribution < 1.29 is 4.74 Å². The van der Waals surface area contributed by atoms with Crippen LogP contribution in [0, 0.1) is 0 Å². The fourth-order valence-corrected chi connectivity index (χ4v) is 1.76. The highest BCUT2D eigenvalue weighted by molar-refractivity contribution is 5.53. The van der Waals surface area contributed by atoms with Gasteiger partial charge in [-0.05, 0) is 19.4 Å². The molecule has 1 aliphatic heterocycles. The van der Waals surface area contributed by atoms with Crippen molar-refractivity contribution in [1.29, 1.82) is 0 Å². The number of nitrogens with one attached hydrogen (secondary N) is 2. The summed E-state index contributed by atoms with van der Waals surface area (Å²) in [7, 11) is 1.87. The van der Waals surface area contributed by atoms with E-state index in [1.165, 1.54) is 0 Å². The lowest BCUT2D eigenvalue weighted by Crippen LogP contribution is -2.34. The van der Waals surface area contributed by atoms with Crippen LogP contribution in [-0.4, -0.2) is 30.8 Å². The van der Waals surface area contributed by atoms with E-state index in [1.807, 2.05) is 19.2 Å². The van der Waals surface area contributed by atoms with Gasteiger partial charge in [0.25, 0.3) is 0 Å². The second-order valence-electron chi connectivity index (χ2n) is 4.17. The highest BCUT2D eigenvalue weighted by atomic mass is 16.5. The molecule has 4 nitrogen and oxygen atoms in total. The van der Waals surface area contributed by atoms with Crippen LogP contribution < -0.4 is 10.6 Å². The maximum atomic E-state index is 5.40.